The molecule has 3 aromatic rings. The number of nitrogens with zero attached hydrogens (tertiary/aromatic N) is 3. The fourth-order valence-corrected chi connectivity index (χ4v) is 5.68. The van der Waals surface area contributed by atoms with E-state index in [9.17, 15) is 19.2 Å². The van der Waals surface area contributed by atoms with Crippen LogP contribution in [0, 0.1) is 5.82 Å². The lowest BCUT2D eigenvalue weighted by Gasteiger charge is -2.28. The first-order chi connectivity index (χ1) is 24.2. The Bertz CT molecular complexity index is 1670. The number of nitrogens with one attached hydrogen (secondary N) is 3. The highest BCUT2D eigenvalue weighted by atomic mass is 19.1. The first kappa shape index (κ1) is 36.1. The summed E-state index contributed by atoms with van der Waals surface area (Å²) in [5.74, 6) is -0.909. The molecule has 266 valence electrons. The number of morpholine rings is 1. The van der Waals surface area contributed by atoms with E-state index in [4.69, 9.17) is 14.2 Å². The molecule has 0 radical (unpaired) electrons. The lowest BCUT2D eigenvalue weighted by Crippen LogP contribution is -2.46. The Morgan fingerprint density at radius 2 is 1.78 bits per heavy atom. The van der Waals surface area contributed by atoms with E-state index in [1.165, 1.54) is 25.3 Å². The second-order valence-electron chi connectivity index (χ2n) is 12.0. The molecule has 1 aromatic heterocycles. The highest BCUT2D eigenvalue weighted by molar-refractivity contribution is 5.95. The summed E-state index contributed by atoms with van der Waals surface area (Å²) in [7, 11) is 1.44. The van der Waals surface area contributed by atoms with Crippen molar-refractivity contribution in [3.05, 3.63) is 77.2 Å². The van der Waals surface area contributed by atoms with E-state index in [0.29, 0.717) is 55.9 Å². The topological polar surface area (TPSA) is 151 Å². The summed E-state index contributed by atoms with van der Waals surface area (Å²) in [4.78, 5) is 60.8. The molecule has 0 aliphatic carbocycles. The number of halogens is 1. The SMILES string of the molecule is CC[C@@H]1NC(=O)CCCN(C(=O)c2ccc(N3CCOCC3)nc2)CCCNC(=O)c2ccc(OC)c(c2)Oc2ccc(cc2F)CNC1=O. The third-order valence-electron chi connectivity index (χ3n) is 8.51. The van der Waals surface area contributed by atoms with Gasteiger partial charge < -0.3 is 40.0 Å². The van der Waals surface area contributed by atoms with E-state index < -0.39 is 17.8 Å². The summed E-state index contributed by atoms with van der Waals surface area (Å²) in [5, 5.41) is 8.39. The van der Waals surface area contributed by atoms with Gasteiger partial charge in [-0.2, -0.15) is 0 Å². The summed E-state index contributed by atoms with van der Waals surface area (Å²) in [6, 6.07) is 11.7. The Kier molecular flexibility index (Phi) is 12.6. The van der Waals surface area contributed by atoms with E-state index in [1.807, 2.05) is 6.07 Å². The van der Waals surface area contributed by atoms with Crippen LogP contribution in [0.1, 0.15) is 58.9 Å². The van der Waals surface area contributed by atoms with Crippen LogP contribution in [0.3, 0.4) is 0 Å². The van der Waals surface area contributed by atoms with Crippen LogP contribution in [0.15, 0.2) is 54.7 Å². The van der Waals surface area contributed by atoms with Crippen molar-refractivity contribution < 1.29 is 37.8 Å². The molecule has 4 amide bonds. The Labute approximate surface area is 290 Å². The summed E-state index contributed by atoms with van der Waals surface area (Å²) in [5.41, 5.74) is 1.17. The minimum atomic E-state index is -0.784. The number of methoxy groups -OCH3 is 1. The zero-order valence-electron chi connectivity index (χ0n) is 28.3. The van der Waals surface area contributed by atoms with Gasteiger partial charge >= 0.3 is 0 Å². The maximum atomic E-state index is 15.1. The number of pyridine rings is 1. The fourth-order valence-electron chi connectivity index (χ4n) is 5.68. The lowest BCUT2D eigenvalue weighted by molar-refractivity contribution is -0.129. The highest BCUT2D eigenvalue weighted by Gasteiger charge is 2.22. The molecule has 1 fully saturated rings. The first-order valence-electron chi connectivity index (χ1n) is 16.8. The van der Waals surface area contributed by atoms with Crippen molar-refractivity contribution in [3.63, 3.8) is 0 Å². The zero-order chi connectivity index (χ0) is 35.5. The van der Waals surface area contributed by atoms with Crippen molar-refractivity contribution in [1.82, 2.24) is 25.8 Å². The molecule has 3 N–H and O–H groups in total. The molecule has 1 saturated heterocycles. The van der Waals surface area contributed by atoms with Gasteiger partial charge in [-0.1, -0.05) is 13.0 Å². The maximum absolute atomic E-state index is 15.1. The van der Waals surface area contributed by atoms with Crippen LogP contribution in [-0.2, 0) is 20.9 Å². The van der Waals surface area contributed by atoms with Gasteiger partial charge in [0, 0.05) is 57.4 Å². The molecule has 1 atom stereocenters. The normalized spacial score (nSPS) is 18.4. The van der Waals surface area contributed by atoms with Gasteiger partial charge in [0.1, 0.15) is 11.9 Å². The van der Waals surface area contributed by atoms with Crippen molar-refractivity contribution in [2.24, 2.45) is 0 Å². The largest absolute Gasteiger partial charge is 0.493 e. The maximum Gasteiger partial charge on any atom is 0.255 e. The molecule has 4 bridgehead atoms. The zero-order valence-corrected chi connectivity index (χ0v) is 28.3. The smallest absolute Gasteiger partial charge is 0.255 e. The molecule has 0 unspecified atom stereocenters. The van der Waals surface area contributed by atoms with Crippen LogP contribution in [-0.4, -0.2) is 92.6 Å². The summed E-state index contributed by atoms with van der Waals surface area (Å²) in [6.07, 6.45) is 2.77. The van der Waals surface area contributed by atoms with Gasteiger partial charge in [-0.3, -0.25) is 19.2 Å². The fraction of sp³-hybridized carbons (Fsp3) is 0.417. The molecule has 2 aromatic carbocycles. The molecular weight excluding hydrogens is 647 g/mol. The van der Waals surface area contributed by atoms with Crippen molar-refractivity contribution in [3.8, 4) is 17.2 Å². The standard InChI is InChI=1S/C36H43FN6O7/c1-3-28-35(46)40-22-24-7-10-29(27(37)20-24)50-31-21-25(8-11-30(31)48-2)34(45)38-13-5-15-43(14-4-6-33(44)41-28)36(47)26-9-12-32(39-23-26)42-16-18-49-19-17-42/h7-12,20-21,23,28H,3-6,13-19,22H2,1-2H3,(H,38,45)(H,40,46)(H,41,44)/t28-/m0/s1. The number of anilines is 1. The molecular formula is C36H43FN6O7. The predicted octanol–water partition coefficient (Wildman–Crippen LogP) is 3.43. The van der Waals surface area contributed by atoms with Gasteiger partial charge in [-0.25, -0.2) is 9.37 Å². The van der Waals surface area contributed by atoms with E-state index in [2.05, 4.69) is 25.8 Å². The Morgan fingerprint density at radius 3 is 2.50 bits per heavy atom. The number of amides is 4. The number of ether oxygens (including phenoxy) is 3. The summed E-state index contributed by atoms with van der Waals surface area (Å²) >= 11 is 0. The van der Waals surface area contributed by atoms with Crippen LogP contribution in [0.5, 0.6) is 17.2 Å². The molecule has 50 heavy (non-hydrogen) atoms. The lowest BCUT2D eigenvalue weighted by atomic mass is 10.1. The second kappa shape index (κ2) is 17.4. The van der Waals surface area contributed by atoms with Crippen LogP contribution in [0.4, 0.5) is 10.2 Å². The number of benzene rings is 2. The number of fused-ring (bicyclic) bond motifs is 16. The number of carbonyl (C=O) groups is 4. The van der Waals surface area contributed by atoms with Crippen LogP contribution in [0.2, 0.25) is 0 Å². The molecule has 14 heteroatoms. The molecule has 13 nitrogen and oxygen atoms in total. The number of carbonyl (C=O) groups excluding carboxylic acids is 4. The average Bonchev–Trinajstić information content (AvgIpc) is 3.14. The number of rotatable bonds is 4. The second-order valence-corrected chi connectivity index (χ2v) is 12.0. The molecule has 0 spiro atoms. The summed E-state index contributed by atoms with van der Waals surface area (Å²) in [6.45, 7) is 5.31. The molecule has 3 aliphatic heterocycles. The Balaban J connectivity index is 1.33. The van der Waals surface area contributed by atoms with E-state index in [-0.39, 0.29) is 60.8 Å². The minimum Gasteiger partial charge on any atom is -0.493 e. The quantitative estimate of drug-likeness (QED) is 0.374. The number of hydrogen-bond acceptors (Lipinski definition) is 9. The van der Waals surface area contributed by atoms with Gasteiger partial charge in [0.25, 0.3) is 11.8 Å². The first-order valence-corrected chi connectivity index (χ1v) is 16.8. The van der Waals surface area contributed by atoms with E-state index in [1.54, 1.807) is 42.3 Å². The Morgan fingerprint density at radius 1 is 0.980 bits per heavy atom. The van der Waals surface area contributed by atoms with Crippen molar-refractivity contribution >= 4 is 29.4 Å². The molecule has 6 rings (SSSR count). The van der Waals surface area contributed by atoms with Gasteiger partial charge in [0.2, 0.25) is 11.8 Å². The number of hydrogen-bond donors (Lipinski definition) is 3. The third-order valence-corrected chi connectivity index (χ3v) is 8.51. The van der Waals surface area contributed by atoms with Crippen LogP contribution < -0.4 is 30.3 Å². The minimum absolute atomic E-state index is 0.0285. The molecule has 3 aliphatic rings. The van der Waals surface area contributed by atoms with Gasteiger partial charge in [-0.15, -0.1) is 0 Å². The van der Waals surface area contributed by atoms with Gasteiger partial charge in [-0.05, 0) is 67.3 Å². The van der Waals surface area contributed by atoms with Crippen LogP contribution in [0.25, 0.3) is 0 Å². The monoisotopic (exact) mass is 690 g/mol. The average molecular weight is 691 g/mol. The summed E-state index contributed by atoms with van der Waals surface area (Å²) < 4.78 is 31.7. The molecule has 0 saturated carbocycles. The molecule has 4 heterocycles. The van der Waals surface area contributed by atoms with Crippen LogP contribution >= 0.6 is 0 Å². The van der Waals surface area contributed by atoms with Gasteiger partial charge in [0.05, 0.1) is 25.9 Å². The Hall–Kier alpha value is -5.24. The van der Waals surface area contributed by atoms with Crippen molar-refractivity contribution in [1.29, 1.82) is 0 Å². The van der Waals surface area contributed by atoms with E-state index >= 15 is 4.39 Å². The predicted molar refractivity (Wildman–Crippen MR) is 183 cm³/mol. The van der Waals surface area contributed by atoms with E-state index in [0.717, 1.165) is 18.9 Å². The van der Waals surface area contributed by atoms with Crippen molar-refractivity contribution in [2.45, 2.75) is 45.2 Å². The van der Waals surface area contributed by atoms with Gasteiger partial charge in [0.15, 0.2) is 23.1 Å². The third kappa shape index (κ3) is 9.47. The number of aromatic nitrogens is 1. The highest BCUT2D eigenvalue weighted by Crippen LogP contribution is 2.34. The van der Waals surface area contributed by atoms with Crippen molar-refractivity contribution in [2.75, 3.05) is 57.9 Å².